The predicted molar refractivity (Wildman–Crippen MR) is 59.4 cm³/mol. The largest absolute Gasteiger partial charge is 0.465 e. The van der Waals surface area contributed by atoms with E-state index in [-0.39, 0.29) is 5.56 Å². The van der Waals surface area contributed by atoms with Crippen LogP contribution in [0.1, 0.15) is 11.6 Å². The second-order valence-electron chi connectivity index (χ2n) is 3.28. The van der Waals surface area contributed by atoms with Gasteiger partial charge in [-0.3, -0.25) is 4.79 Å². The van der Waals surface area contributed by atoms with Crippen LogP contribution in [0.3, 0.4) is 0 Å². The van der Waals surface area contributed by atoms with Crippen molar-refractivity contribution in [1.82, 2.24) is 14.6 Å². The Morgan fingerprint density at radius 3 is 3.12 bits per heavy atom. The third kappa shape index (κ3) is 1.35. The Hall–Kier alpha value is -1.95. The minimum atomic E-state index is -0.156. The molecule has 0 N–H and O–H groups in total. The van der Waals surface area contributed by atoms with Gasteiger partial charge < -0.3 is 4.42 Å². The van der Waals surface area contributed by atoms with Crippen LogP contribution >= 0.6 is 11.3 Å². The normalized spacial score (nSPS) is 12.7. The molecule has 0 amide bonds. The lowest BCUT2D eigenvalue weighted by Gasteiger charge is -1.78. The monoisotopic (exact) mass is 233 g/mol. The number of aromatic nitrogens is 3. The number of aryl methyl sites for hydroxylation is 1. The van der Waals surface area contributed by atoms with E-state index in [0.717, 1.165) is 0 Å². The molecule has 0 aliphatic rings. The van der Waals surface area contributed by atoms with Gasteiger partial charge in [0, 0.05) is 6.08 Å². The van der Waals surface area contributed by atoms with Crippen LogP contribution in [-0.4, -0.2) is 14.6 Å². The van der Waals surface area contributed by atoms with E-state index in [0.29, 0.717) is 21.1 Å². The molecule has 16 heavy (non-hydrogen) atoms. The van der Waals surface area contributed by atoms with E-state index in [9.17, 15) is 4.79 Å². The first-order valence-electron chi connectivity index (χ1n) is 4.65. The summed E-state index contributed by atoms with van der Waals surface area (Å²) in [5.41, 5.74) is -0.156. The van der Waals surface area contributed by atoms with Gasteiger partial charge in [0.15, 0.2) is 0 Å². The van der Waals surface area contributed by atoms with Crippen molar-refractivity contribution in [2.24, 2.45) is 0 Å². The van der Waals surface area contributed by atoms with Gasteiger partial charge in [-0.1, -0.05) is 11.3 Å². The third-order valence-corrected chi connectivity index (χ3v) is 3.06. The van der Waals surface area contributed by atoms with Crippen molar-refractivity contribution in [3.05, 3.63) is 44.9 Å². The van der Waals surface area contributed by atoms with Gasteiger partial charge in [-0.2, -0.15) is 4.52 Å². The summed E-state index contributed by atoms with van der Waals surface area (Å²) in [4.78, 5) is 16.6. The van der Waals surface area contributed by atoms with Crippen LogP contribution in [-0.2, 0) is 0 Å². The van der Waals surface area contributed by atoms with Gasteiger partial charge in [0.05, 0.1) is 6.26 Å². The molecule has 0 fully saturated rings. The first-order valence-corrected chi connectivity index (χ1v) is 5.47. The Morgan fingerprint density at radius 1 is 1.56 bits per heavy atom. The second kappa shape index (κ2) is 3.28. The highest BCUT2D eigenvalue weighted by Gasteiger charge is 2.07. The van der Waals surface area contributed by atoms with Crippen molar-refractivity contribution in [3.8, 4) is 0 Å². The van der Waals surface area contributed by atoms with Crippen LogP contribution in [0, 0.1) is 6.92 Å². The number of hydrogen-bond acceptors (Lipinski definition) is 5. The van der Waals surface area contributed by atoms with Gasteiger partial charge in [-0.15, -0.1) is 5.10 Å². The molecule has 3 aromatic rings. The van der Waals surface area contributed by atoms with Gasteiger partial charge in [0.1, 0.15) is 16.1 Å². The Morgan fingerprint density at radius 2 is 2.44 bits per heavy atom. The molecule has 3 aromatic heterocycles. The van der Waals surface area contributed by atoms with Gasteiger partial charge in [0.2, 0.25) is 4.96 Å². The molecule has 0 aliphatic heterocycles. The molecule has 0 saturated carbocycles. The molecule has 80 valence electrons. The van der Waals surface area contributed by atoms with E-state index in [1.807, 2.05) is 0 Å². The van der Waals surface area contributed by atoms with Gasteiger partial charge in [-0.05, 0) is 19.1 Å². The van der Waals surface area contributed by atoms with Crippen LogP contribution < -0.4 is 10.1 Å². The fourth-order valence-corrected chi connectivity index (χ4v) is 2.37. The molecule has 0 spiro atoms. The zero-order chi connectivity index (χ0) is 11.1. The number of thiazole rings is 1. The average Bonchev–Trinajstić information content (AvgIpc) is 2.90. The fraction of sp³-hybridized carbons (Fsp3) is 0.100. The molecule has 5 nitrogen and oxygen atoms in total. The molecule has 0 radical (unpaired) electrons. The number of hydrogen-bond donors (Lipinski definition) is 0. The zero-order valence-electron chi connectivity index (χ0n) is 8.38. The molecular weight excluding hydrogens is 226 g/mol. The van der Waals surface area contributed by atoms with E-state index in [1.54, 1.807) is 31.4 Å². The Kier molecular flexibility index (Phi) is 1.90. The van der Waals surface area contributed by atoms with Crippen LogP contribution in [0.15, 0.2) is 27.6 Å². The summed E-state index contributed by atoms with van der Waals surface area (Å²) in [5, 5.41) is 4.02. The maximum Gasteiger partial charge on any atom is 0.291 e. The molecule has 0 saturated heterocycles. The SMILES string of the molecule is Cc1nc2s/c(=C/c3ccco3)c(=O)n2n1. The molecule has 0 atom stereocenters. The van der Waals surface area contributed by atoms with Gasteiger partial charge in [-0.25, -0.2) is 4.98 Å². The lowest BCUT2D eigenvalue weighted by atomic mass is 10.4. The highest BCUT2D eigenvalue weighted by Crippen LogP contribution is 2.03. The molecule has 0 bridgehead atoms. The topological polar surface area (TPSA) is 60.4 Å². The molecule has 3 heterocycles. The summed E-state index contributed by atoms with van der Waals surface area (Å²) in [6, 6.07) is 3.57. The standard InChI is InChI=1S/C10H7N3O2S/c1-6-11-10-13(12-6)9(14)8(16-10)5-7-3-2-4-15-7/h2-5H,1H3/b8-5+. The van der Waals surface area contributed by atoms with E-state index in [2.05, 4.69) is 10.1 Å². The van der Waals surface area contributed by atoms with Gasteiger partial charge >= 0.3 is 0 Å². The Balaban J connectivity index is 2.29. The number of rotatable bonds is 1. The fourth-order valence-electron chi connectivity index (χ4n) is 1.43. The summed E-state index contributed by atoms with van der Waals surface area (Å²) < 4.78 is 7.04. The van der Waals surface area contributed by atoms with Crippen molar-refractivity contribution < 1.29 is 4.42 Å². The molecular formula is C10H7N3O2S. The lowest BCUT2D eigenvalue weighted by molar-refractivity contribution is 0.556. The first kappa shape index (κ1) is 9.29. The highest BCUT2D eigenvalue weighted by molar-refractivity contribution is 7.15. The minimum absolute atomic E-state index is 0.156. The summed E-state index contributed by atoms with van der Waals surface area (Å²) in [6.45, 7) is 1.76. The van der Waals surface area contributed by atoms with Crippen molar-refractivity contribution in [2.75, 3.05) is 0 Å². The van der Waals surface area contributed by atoms with Crippen molar-refractivity contribution >= 4 is 22.4 Å². The Labute approximate surface area is 93.7 Å². The second-order valence-corrected chi connectivity index (χ2v) is 4.29. The van der Waals surface area contributed by atoms with Crippen LogP contribution in [0.4, 0.5) is 0 Å². The maximum absolute atomic E-state index is 11.9. The quantitative estimate of drug-likeness (QED) is 0.617. The molecule has 6 heteroatoms. The summed E-state index contributed by atoms with van der Waals surface area (Å²) >= 11 is 1.30. The zero-order valence-corrected chi connectivity index (χ0v) is 9.19. The van der Waals surface area contributed by atoms with Crippen molar-refractivity contribution in [3.63, 3.8) is 0 Å². The molecule has 3 rings (SSSR count). The number of nitrogens with zero attached hydrogens (tertiary/aromatic N) is 3. The van der Waals surface area contributed by atoms with Crippen molar-refractivity contribution in [1.29, 1.82) is 0 Å². The van der Waals surface area contributed by atoms with E-state index < -0.39 is 0 Å². The summed E-state index contributed by atoms with van der Waals surface area (Å²) in [7, 11) is 0. The number of furan rings is 1. The predicted octanol–water partition coefficient (Wildman–Crippen LogP) is 0.600. The smallest absolute Gasteiger partial charge is 0.291 e. The minimum Gasteiger partial charge on any atom is -0.465 e. The molecule has 0 unspecified atom stereocenters. The van der Waals surface area contributed by atoms with Crippen LogP contribution in [0.25, 0.3) is 11.0 Å². The van der Waals surface area contributed by atoms with Crippen LogP contribution in [0.2, 0.25) is 0 Å². The lowest BCUT2D eigenvalue weighted by Crippen LogP contribution is -2.23. The first-order chi connectivity index (χ1) is 7.74. The summed E-state index contributed by atoms with van der Waals surface area (Å²) in [6.07, 6.45) is 3.26. The summed E-state index contributed by atoms with van der Waals surface area (Å²) in [5.74, 6) is 1.26. The van der Waals surface area contributed by atoms with Crippen molar-refractivity contribution in [2.45, 2.75) is 6.92 Å². The van der Waals surface area contributed by atoms with E-state index in [1.165, 1.54) is 15.9 Å². The van der Waals surface area contributed by atoms with Crippen LogP contribution in [0.5, 0.6) is 0 Å². The third-order valence-electron chi connectivity index (χ3n) is 2.10. The molecule has 0 aromatic carbocycles. The Bertz CT molecular complexity index is 739. The maximum atomic E-state index is 11.9. The van der Waals surface area contributed by atoms with E-state index >= 15 is 0 Å². The highest BCUT2D eigenvalue weighted by atomic mass is 32.1. The molecule has 0 aliphatic carbocycles. The van der Waals surface area contributed by atoms with Gasteiger partial charge in [0.25, 0.3) is 5.56 Å². The average molecular weight is 233 g/mol. The van der Waals surface area contributed by atoms with E-state index in [4.69, 9.17) is 4.42 Å². The number of fused-ring (bicyclic) bond motifs is 1.